The van der Waals surface area contributed by atoms with Gasteiger partial charge in [-0.15, -0.1) is 24.8 Å². The highest BCUT2D eigenvalue weighted by atomic mass is 79.9. The summed E-state index contributed by atoms with van der Waals surface area (Å²) in [5.41, 5.74) is 0.167. The molecule has 1 saturated heterocycles. The largest absolute Gasteiger partial charge is 0.494 e. The number of rotatable bonds is 4. The molecule has 0 spiro atoms. The van der Waals surface area contributed by atoms with E-state index in [1.807, 2.05) is 0 Å². The van der Waals surface area contributed by atoms with Crippen LogP contribution in [0.15, 0.2) is 22.7 Å². The van der Waals surface area contributed by atoms with Crippen LogP contribution in [0.1, 0.15) is 18.5 Å². The molecule has 0 unspecified atom stereocenters. The Balaban J connectivity index is 0.00000242. The fraction of sp³-hybridized carbons (Fsp3) is 0.571. The van der Waals surface area contributed by atoms with E-state index in [2.05, 4.69) is 21.2 Å². The summed E-state index contributed by atoms with van der Waals surface area (Å²) in [6.07, 6.45) is -4.34. The highest BCUT2D eigenvalue weighted by Gasteiger charge is 2.46. The van der Waals surface area contributed by atoms with E-state index < -0.39 is 12.2 Å². The van der Waals surface area contributed by atoms with Gasteiger partial charge in [-0.05, 0) is 25.1 Å². The molecule has 1 heterocycles. The molecular formula is C14H20BrCl2F3N2O. The topological polar surface area (TPSA) is 24.5 Å². The van der Waals surface area contributed by atoms with Crippen LogP contribution in [0.2, 0.25) is 0 Å². The monoisotopic (exact) mass is 438 g/mol. The summed E-state index contributed by atoms with van der Waals surface area (Å²) in [6, 6.07) is 3.15. The highest BCUT2D eigenvalue weighted by molar-refractivity contribution is 9.10. The zero-order valence-corrected chi connectivity index (χ0v) is 15.7. The second-order valence-corrected chi connectivity index (χ2v) is 5.76. The van der Waals surface area contributed by atoms with E-state index in [4.69, 9.17) is 4.74 Å². The zero-order chi connectivity index (χ0) is 15.5. The molecule has 3 nitrogen and oxygen atoms in total. The molecule has 0 radical (unpaired) electrons. The maximum atomic E-state index is 13.6. The van der Waals surface area contributed by atoms with Crippen LogP contribution in [0.4, 0.5) is 13.2 Å². The van der Waals surface area contributed by atoms with Gasteiger partial charge in [-0.3, -0.25) is 4.90 Å². The standard InChI is InChI=1S/C14H18BrF3N2O.2ClH/c1-2-21-12-4-3-10(15)9-11(12)13(14(16,17)18)20-7-5-19-6-8-20;;/h3-4,9,13,19H,2,5-8H2,1H3;2*1H/t13-;;/m1../s1. The SMILES string of the molecule is CCOc1ccc(Br)cc1[C@@H](N1CCNCC1)C(F)(F)F.Cl.Cl. The van der Waals surface area contributed by atoms with Crippen molar-refractivity contribution in [1.82, 2.24) is 10.2 Å². The van der Waals surface area contributed by atoms with Crippen molar-refractivity contribution in [2.45, 2.75) is 19.1 Å². The van der Waals surface area contributed by atoms with Crippen molar-refractivity contribution in [1.29, 1.82) is 0 Å². The van der Waals surface area contributed by atoms with Crippen LogP contribution in [-0.2, 0) is 0 Å². The van der Waals surface area contributed by atoms with Crippen molar-refractivity contribution in [2.24, 2.45) is 0 Å². The summed E-state index contributed by atoms with van der Waals surface area (Å²) < 4.78 is 46.8. The van der Waals surface area contributed by atoms with Gasteiger partial charge in [-0.25, -0.2) is 0 Å². The predicted molar refractivity (Wildman–Crippen MR) is 93.0 cm³/mol. The Morgan fingerprint density at radius 1 is 1.26 bits per heavy atom. The van der Waals surface area contributed by atoms with E-state index in [1.54, 1.807) is 19.1 Å². The van der Waals surface area contributed by atoms with Gasteiger partial charge in [0.05, 0.1) is 6.61 Å². The van der Waals surface area contributed by atoms with Crippen LogP contribution in [0, 0.1) is 0 Å². The molecular weight excluding hydrogens is 420 g/mol. The molecule has 1 atom stereocenters. The number of nitrogens with zero attached hydrogens (tertiary/aromatic N) is 1. The Bertz CT molecular complexity index is 486. The molecule has 23 heavy (non-hydrogen) atoms. The number of hydrogen-bond acceptors (Lipinski definition) is 3. The lowest BCUT2D eigenvalue weighted by molar-refractivity contribution is -0.188. The van der Waals surface area contributed by atoms with Gasteiger partial charge in [0, 0.05) is 36.2 Å². The van der Waals surface area contributed by atoms with E-state index >= 15 is 0 Å². The van der Waals surface area contributed by atoms with Crippen molar-refractivity contribution in [3.05, 3.63) is 28.2 Å². The Hall–Kier alpha value is -0.210. The Labute approximate surface area is 154 Å². The highest BCUT2D eigenvalue weighted by Crippen LogP contribution is 2.42. The molecule has 2 rings (SSSR count). The lowest BCUT2D eigenvalue weighted by atomic mass is 10.0. The van der Waals surface area contributed by atoms with Gasteiger partial charge < -0.3 is 10.1 Å². The first-order valence-electron chi connectivity index (χ1n) is 6.87. The Morgan fingerprint density at radius 2 is 1.87 bits per heavy atom. The molecule has 0 amide bonds. The molecule has 0 bridgehead atoms. The number of hydrogen-bond donors (Lipinski definition) is 1. The second-order valence-electron chi connectivity index (χ2n) is 4.85. The molecule has 0 aromatic heterocycles. The third kappa shape index (κ3) is 5.98. The molecule has 134 valence electrons. The van der Waals surface area contributed by atoms with E-state index in [1.165, 1.54) is 11.0 Å². The second kappa shape index (κ2) is 9.93. The molecule has 1 N–H and O–H groups in total. The van der Waals surface area contributed by atoms with Gasteiger partial charge in [0.15, 0.2) is 0 Å². The number of nitrogens with one attached hydrogen (secondary N) is 1. The lowest BCUT2D eigenvalue weighted by Gasteiger charge is -2.36. The van der Waals surface area contributed by atoms with E-state index in [9.17, 15) is 13.2 Å². The first-order chi connectivity index (χ1) is 9.93. The summed E-state index contributed by atoms with van der Waals surface area (Å²) >= 11 is 3.25. The van der Waals surface area contributed by atoms with Crippen molar-refractivity contribution < 1.29 is 17.9 Å². The van der Waals surface area contributed by atoms with Crippen molar-refractivity contribution in [3.63, 3.8) is 0 Å². The minimum absolute atomic E-state index is 0. The third-order valence-corrected chi connectivity index (χ3v) is 3.89. The van der Waals surface area contributed by atoms with Gasteiger partial charge in [-0.2, -0.15) is 13.2 Å². The van der Waals surface area contributed by atoms with Gasteiger partial charge in [0.1, 0.15) is 11.8 Å². The van der Waals surface area contributed by atoms with Crippen LogP contribution in [0.3, 0.4) is 0 Å². The molecule has 1 aromatic rings. The number of piperazine rings is 1. The molecule has 1 fully saturated rings. The maximum absolute atomic E-state index is 13.6. The fourth-order valence-electron chi connectivity index (χ4n) is 2.54. The maximum Gasteiger partial charge on any atom is 0.408 e. The van der Waals surface area contributed by atoms with E-state index in [-0.39, 0.29) is 30.4 Å². The first-order valence-corrected chi connectivity index (χ1v) is 7.66. The molecule has 0 saturated carbocycles. The van der Waals surface area contributed by atoms with Crippen molar-refractivity contribution in [2.75, 3.05) is 32.8 Å². The molecule has 0 aliphatic carbocycles. The third-order valence-electron chi connectivity index (χ3n) is 3.39. The Morgan fingerprint density at radius 3 is 2.39 bits per heavy atom. The number of ether oxygens (including phenoxy) is 1. The lowest BCUT2D eigenvalue weighted by Crippen LogP contribution is -2.49. The minimum atomic E-state index is -4.34. The number of halogens is 6. The number of benzene rings is 1. The Kier molecular flexibility index (Phi) is 9.84. The quantitative estimate of drug-likeness (QED) is 0.760. The van der Waals surface area contributed by atoms with Crippen molar-refractivity contribution >= 4 is 40.7 Å². The summed E-state index contributed by atoms with van der Waals surface area (Å²) in [4.78, 5) is 1.46. The van der Waals surface area contributed by atoms with Crippen LogP contribution in [0.5, 0.6) is 5.75 Å². The summed E-state index contributed by atoms with van der Waals surface area (Å²) in [5.74, 6) is 0.293. The summed E-state index contributed by atoms with van der Waals surface area (Å²) in [5, 5.41) is 3.07. The van der Waals surface area contributed by atoms with Crippen LogP contribution in [0.25, 0.3) is 0 Å². The smallest absolute Gasteiger partial charge is 0.408 e. The molecule has 1 aliphatic heterocycles. The fourth-order valence-corrected chi connectivity index (χ4v) is 2.92. The van der Waals surface area contributed by atoms with Gasteiger partial charge in [0.2, 0.25) is 0 Å². The normalized spacial score (nSPS) is 16.9. The zero-order valence-electron chi connectivity index (χ0n) is 12.5. The average Bonchev–Trinajstić information content (AvgIpc) is 2.42. The summed E-state index contributed by atoms with van der Waals surface area (Å²) in [6.45, 7) is 3.94. The average molecular weight is 440 g/mol. The summed E-state index contributed by atoms with van der Waals surface area (Å²) in [7, 11) is 0. The van der Waals surface area contributed by atoms with E-state index in [0.717, 1.165) is 0 Å². The van der Waals surface area contributed by atoms with E-state index in [0.29, 0.717) is 43.0 Å². The van der Waals surface area contributed by atoms with Gasteiger partial charge >= 0.3 is 6.18 Å². The molecule has 1 aromatic carbocycles. The van der Waals surface area contributed by atoms with Gasteiger partial charge in [0.25, 0.3) is 0 Å². The van der Waals surface area contributed by atoms with Gasteiger partial charge in [-0.1, -0.05) is 15.9 Å². The number of alkyl halides is 3. The van der Waals surface area contributed by atoms with Crippen LogP contribution >= 0.6 is 40.7 Å². The molecule has 9 heteroatoms. The van der Waals surface area contributed by atoms with Crippen molar-refractivity contribution in [3.8, 4) is 5.75 Å². The predicted octanol–water partition coefficient (Wildman–Crippen LogP) is 4.20. The minimum Gasteiger partial charge on any atom is -0.494 e. The van der Waals surface area contributed by atoms with Crippen LogP contribution < -0.4 is 10.1 Å². The first kappa shape index (κ1) is 22.8. The molecule has 1 aliphatic rings. The van der Waals surface area contributed by atoms with Crippen LogP contribution in [-0.4, -0.2) is 43.9 Å².